The van der Waals surface area contributed by atoms with Gasteiger partial charge in [0.15, 0.2) is 5.41 Å². The van der Waals surface area contributed by atoms with E-state index < -0.39 is 23.3 Å². The van der Waals surface area contributed by atoms with Crippen LogP contribution in [0, 0.1) is 11.3 Å². The minimum atomic E-state index is -1.72. The van der Waals surface area contributed by atoms with E-state index in [2.05, 4.69) is 19.2 Å². The van der Waals surface area contributed by atoms with Crippen molar-refractivity contribution in [1.82, 2.24) is 0 Å². The Hall–Kier alpha value is -2.10. The third kappa shape index (κ3) is 3.75. The van der Waals surface area contributed by atoms with Gasteiger partial charge in [-0.25, -0.2) is 0 Å². The number of aliphatic carboxylic acids is 1. The van der Waals surface area contributed by atoms with Crippen LogP contribution in [0.15, 0.2) is 49.1 Å². The fourth-order valence-electron chi connectivity index (χ4n) is 2.77. The van der Waals surface area contributed by atoms with E-state index in [9.17, 15) is 14.7 Å². The van der Waals surface area contributed by atoms with Crippen LogP contribution in [-0.4, -0.2) is 24.2 Å². The van der Waals surface area contributed by atoms with Gasteiger partial charge in [-0.2, -0.15) is 0 Å². The fraction of sp³-hybridized carbons (Fsp3) is 0.444. The molecule has 0 radical (unpaired) electrons. The van der Waals surface area contributed by atoms with Gasteiger partial charge in [-0.3, -0.25) is 9.59 Å². The van der Waals surface area contributed by atoms with Crippen LogP contribution in [0.25, 0.3) is 0 Å². The number of carbonyl (C=O) groups is 2. The van der Waals surface area contributed by atoms with Gasteiger partial charge in [0.1, 0.15) is 0 Å². The van der Waals surface area contributed by atoms with E-state index in [-0.39, 0.29) is 6.42 Å². The number of hydrogen-bond donors (Lipinski definition) is 1. The van der Waals surface area contributed by atoms with Crippen LogP contribution in [0.2, 0.25) is 0 Å². The van der Waals surface area contributed by atoms with Gasteiger partial charge in [0.25, 0.3) is 0 Å². The van der Waals surface area contributed by atoms with Crippen LogP contribution in [-0.2, 0) is 14.3 Å². The van der Waals surface area contributed by atoms with E-state index in [1.807, 2.05) is 6.08 Å². The van der Waals surface area contributed by atoms with Crippen molar-refractivity contribution >= 4 is 11.9 Å². The van der Waals surface area contributed by atoms with E-state index in [0.29, 0.717) is 0 Å². The highest BCUT2D eigenvalue weighted by molar-refractivity contribution is 6.00. The van der Waals surface area contributed by atoms with Crippen molar-refractivity contribution in [3.05, 3.63) is 49.1 Å². The average Bonchev–Trinajstić information content (AvgIpc) is 2.54. The van der Waals surface area contributed by atoms with Gasteiger partial charge in [-0.15, -0.1) is 13.2 Å². The molecule has 0 saturated carbocycles. The van der Waals surface area contributed by atoms with Gasteiger partial charge in [0, 0.05) is 5.92 Å². The Kier molecular flexibility index (Phi) is 6.83. The number of carboxylic acids is 1. The molecule has 2 unspecified atom stereocenters. The molecular weight excluding hydrogens is 280 g/mol. The molecule has 0 bridgehead atoms. The third-order valence-corrected chi connectivity index (χ3v) is 4.06. The van der Waals surface area contributed by atoms with Crippen molar-refractivity contribution in [2.75, 3.05) is 7.11 Å². The number of ether oxygens (including phenoxy) is 1. The van der Waals surface area contributed by atoms with E-state index in [0.717, 1.165) is 19.3 Å². The Bertz CT molecular complexity index is 501. The fourth-order valence-corrected chi connectivity index (χ4v) is 2.77. The van der Waals surface area contributed by atoms with E-state index >= 15 is 0 Å². The maximum Gasteiger partial charge on any atom is 0.324 e. The van der Waals surface area contributed by atoms with Crippen molar-refractivity contribution in [3.8, 4) is 0 Å². The highest BCUT2D eigenvalue weighted by atomic mass is 16.5. The minimum absolute atomic E-state index is 0.0188. The molecule has 0 amide bonds. The first-order chi connectivity index (χ1) is 10.5. The zero-order valence-corrected chi connectivity index (χ0v) is 13.1. The van der Waals surface area contributed by atoms with Crippen LogP contribution in [0.5, 0.6) is 0 Å². The second kappa shape index (κ2) is 8.37. The molecule has 120 valence electrons. The lowest BCUT2D eigenvalue weighted by molar-refractivity contribution is -0.168. The molecule has 4 heteroatoms. The van der Waals surface area contributed by atoms with Crippen LogP contribution >= 0.6 is 0 Å². The number of hydrogen-bond acceptors (Lipinski definition) is 3. The van der Waals surface area contributed by atoms with Gasteiger partial charge in [0.05, 0.1) is 7.11 Å². The number of allylic oxidation sites excluding steroid dienone is 6. The monoisotopic (exact) mass is 304 g/mol. The van der Waals surface area contributed by atoms with Gasteiger partial charge >= 0.3 is 11.9 Å². The Labute approximate surface area is 131 Å². The van der Waals surface area contributed by atoms with Gasteiger partial charge in [0.2, 0.25) is 0 Å². The second-order valence-electron chi connectivity index (χ2n) is 5.41. The highest BCUT2D eigenvalue weighted by Gasteiger charge is 2.51. The maximum atomic E-state index is 12.2. The van der Waals surface area contributed by atoms with Gasteiger partial charge < -0.3 is 9.84 Å². The van der Waals surface area contributed by atoms with Gasteiger partial charge in [-0.1, -0.05) is 36.0 Å². The largest absolute Gasteiger partial charge is 0.480 e. The summed E-state index contributed by atoms with van der Waals surface area (Å²) in [6, 6.07) is 0. The topological polar surface area (TPSA) is 63.6 Å². The molecule has 1 N–H and O–H groups in total. The summed E-state index contributed by atoms with van der Waals surface area (Å²) in [5, 5.41) is 9.65. The van der Waals surface area contributed by atoms with Crippen molar-refractivity contribution in [2.24, 2.45) is 11.3 Å². The molecular formula is C18H24O4. The lowest BCUT2D eigenvalue weighted by Gasteiger charge is -2.30. The summed E-state index contributed by atoms with van der Waals surface area (Å²) >= 11 is 0. The van der Waals surface area contributed by atoms with E-state index in [1.165, 1.54) is 31.3 Å². The van der Waals surface area contributed by atoms with Crippen molar-refractivity contribution in [3.63, 3.8) is 0 Å². The molecule has 0 spiro atoms. The summed E-state index contributed by atoms with van der Waals surface area (Å²) in [5.41, 5.74) is -0.551. The summed E-state index contributed by atoms with van der Waals surface area (Å²) in [5.74, 6) is -2.68. The number of carboxylic acid groups (broad SMARTS) is 1. The Balaban J connectivity index is 3.17. The number of methoxy groups -OCH3 is 1. The van der Waals surface area contributed by atoms with Crippen molar-refractivity contribution in [1.29, 1.82) is 0 Å². The molecule has 0 aromatic carbocycles. The molecule has 0 heterocycles. The summed E-state index contributed by atoms with van der Waals surface area (Å²) in [6.07, 6.45) is 13.0. The van der Waals surface area contributed by atoms with E-state index in [4.69, 9.17) is 4.74 Å². The highest BCUT2D eigenvalue weighted by Crippen LogP contribution is 2.37. The first-order valence-electron chi connectivity index (χ1n) is 7.45. The molecule has 1 rings (SSSR count). The average molecular weight is 304 g/mol. The molecule has 0 aliphatic heterocycles. The molecule has 1 aliphatic carbocycles. The predicted molar refractivity (Wildman–Crippen MR) is 86.3 cm³/mol. The Morgan fingerprint density at radius 1 is 1.45 bits per heavy atom. The quantitative estimate of drug-likeness (QED) is 0.422. The smallest absolute Gasteiger partial charge is 0.324 e. The minimum Gasteiger partial charge on any atom is -0.480 e. The molecule has 22 heavy (non-hydrogen) atoms. The SMILES string of the molecule is C=CCC(C(=O)O)(C(=O)OC)C(C=C)/C=C/C1=CCCCC1. The third-order valence-electron chi connectivity index (χ3n) is 4.06. The van der Waals surface area contributed by atoms with Crippen LogP contribution < -0.4 is 0 Å². The zero-order chi connectivity index (χ0) is 16.6. The molecule has 0 aromatic heterocycles. The molecule has 1 aliphatic rings. The summed E-state index contributed by atoms with van der Waals surface area (Å²) in [6.45, 7) is 7.27. The standard InChI is InChI=1S/C18H24O4/c1-4-13-18(16(19)20,17(21)22-3)15(5-2)12-11-14-9-7-6-8-10-14/h4-5,9,11-12,15H,1-2,6-8,10,13H2,3H3,(H,19,20)/b12-11+. The van der Waals surface area contributed by atoms with Crippen LogP contribution in [0.3, 0.4) is 0 Å². The maximum absolute atomic E-state index is 12.2. The molecule has 0 fully saturated rings. The summed E-state index contributed by atoms with van der Waals surface area (Å²) in [4.78, 5) is 24.0. The first kappa shape index (κ1) is 18.0. The molecule has 0 saturated heterocycles. The zero-order valence-electron chi connectivity index (χ0n) is 13.1. The second-order valence-corrected chi connectivity index (χ2v) is 5.41. The van der Waals surface area contributed by atoms with Crippen LogP contribution in [0.1, 0.15) is 32.1 Å². The van der Waals surface area contributed by atoms with Crippen molar-refractivity contribution < 1.29 is 19.4 Å². The number of rotatable bonds is 8. The Morgan fingerprint density at radius 2 is 2.18 bits per heavy atom. The lowest BCUT2D eigenvalue weighted by Crippen LogP contribution is -2.45. The molecule has 0 aromatic rings. The normalized spacial score (nSPS) is 18.9. The summed E-state index contributed by atoms with van der Waals surface area (Å²) < 4.78 is 4.74. The Morgan fingerprint density at radius 3 is 2.64 bits per heavy atom. The summed E-state index contributed by atoms with van der Waals surface area (Å²) in [7, 11) is 1.19. The van der Waals surface area contributed by atoms with Crippen molar-refractivity contribution in [2.45, 2.75) is 32.1 Å². The number of esters is 1. The first-order valence-corrected chi connectivity index (χ1v) is 7.45. The van der Waals surface area contributed by atoms with Gasteiger partial charge in [-0.05, 0) is 32.1 Å². The van der Waals surface area contributed by atoms with E-state index in [1.54, 1.807) is 6.08 Å². The predicted octanol–water partition coefficient (Wildman–Crippen LogP) is 3.67. The molecule has 4 nitrogen and oxygen atoms in total. The lowest BCUT2D eigenvalue weighted by atomic mass is 9.72. The van der Waals surface area contributed by atoms with Crippen LogP contribution in [0.4, 0.5) is 0 Å². The molecule has 2 atom stereocenters. The number of carbonyl (C=O) groups excluding carboxylic acids is 1.